The monoisotopic (exact) mass is 345 g/mol. The molecule has 1 atom stereocenters. The van der Waals surface area contributed by atoms with Gasteiger partial charge in [0.1, 0.15) is 17.5 Å². The van der Waals surface area contributed by atoms with Crippen LogP contribution in [0.15, 0.2) is 12.4 Å². The van der Waals surface area contributed by atoms with E-state index in [9.17, 15) is 9.59 Å². The number of carbonyl (C=O) groups is 2. The lowest BCUT2D eigenvalue weighted by Crippen LogP contribution is -2.41. The second-order valence-electron chi connectivity index (χ2n) is 6.43. The smallest absolute Gasteiger partial charge is 0.242 e. The number of hydrogen-bond donors (Lipinski definition) is 1. The normalized spacial score (nSPS) is 17.1. The van der Waals surface area contributed by atoms with Gasteiger partial charge in [-0.1, -0.05) is 0 Å². The van der Waals surface area contributed by atoms with Crippen LogP contribution in [0.25, 0.3) is 0 Å². The molecule has 2 aromatic rings. The maximum absolute atomic E-state index is 12.5. The number of aryl methyl sites for hydroxylation is 2. The largest absolute Gasteiger partial charge is 0.347 e. The van der Waals surface area contributed by atoms with Crippen molar-refractivity contribution in [2.45, 2.75) is 40.4 Å². The van der Waals surface area contributed by atoms with Crippen LogP contribution < -0.4 is 5.32 Å². The number of imidazole rings is 1. The Morgan fingerprint density at radius 2 is 2.12 bits per heavy atom. The summed E-state index contributed by atoms with van der Waals surface area (Å²) >= 11 is 0. The first-order valence-corrected chi connectivity index (χ1v) is 8.32. The fourth-order valence-corrected chi connectivity index (χ4v) is 3.14. The Morgan fingerprint density at radius 1 is 1.32 bits per heavy atom. The molecule has 0 radical (unpaired) electrons. The maximum atomic E-state index is 12.5. The molecule has 2 aromatic heterocycles. The number of hydrogen-bond acceptors (Lipinski definition) is 5. The van der Waals surface area contributed by atoms with Gasteiger partial charge in [-0.15, -0.1) is 0 Å². The molecular weight excluding hydrogens is 322 g/mol. The molecule has 9 nitrogen and oxygen atoms in total. The Hall–Kier alpha value is -2.71. The Balaban J connectivity index is 1.77. The number of nitrogens with zero attached hydrogens (tertiary/aromatic N) is 6. The third-order valence-corrected chi connectivity index (χ3v) is 4.30. The molecule has 0 fully saturated rings. The van der Waals surface area contributed by atoms with Gasteiger partial charge in [0.25, 0.3) is 0 Å². The highest BCUT2D eigenvalue weighted by atomic mass is 16.2. The summed E-state index contributed by atoms with van der Waals surface area (Å²) in [5.41, 5.74) is 0. The average Bonchev–Trinajstić information content (AvgIpc) is 3.05. The third-order valence-electron chi connectivity index (χ3n) is 4.30. The summed E-state index contributed by atoms with van der Waals surface area (Å²) in [6.45, 7) is 7.67. The van der Waals surface area contributed by atoms with E-state index < -0.39 is 0 Å². The fourth-order valence-electron chi connectivity index (χ4n) is 3.14. The van der Waals surface area contributed by atoms with E-state index in [0.717, 1.165) is 24.0 Å². The van der Waals surface area contributed by atoms with E-state index >= 15 is 0 Å². The summed E-state index contributed by atoms with van der Waals surface area (Å²) in [4.78, 5) is 34.0. The van der Waals surface area contributed by atoms with Gasteiger partial charge in [-0.25, -0.2) is 14.6 Å². The molecule has 134 valence electrons. The van der Waals surface area contributed by atoms with Gasteiger partial charge in [0, 0.05) is 44.9 Å². The summed E-state index contributed by atoms with van der Waals surface area (Å²) < 4.78 is 3.97. The topological polar surface area (TPSA) is 97.9 Å². The molecule has 0 saturated carbocycles. The molecule has 0 unspecified atom stereocenters. The maximum Gasteiger partial charge on any atom is 0.242 e. The molecule has 0 aliphatic carbocycles. The lowest BCUT2D eigenvalue weighted by Gasteiger charge is -2.24. The van der Waals surface area contributed by atoms with Crippen LogP contribution in [0, 0.1) is 19.8 Å². The second-order valence-corrected chi connectivity index (χ2v) is 6.43. The van der Waals surface area contributed by atoms with E-state index in [1.807, 2.05) is 24.7 Å². The predicted molar refractivity (Wildman–Crippen MR) is 89.3 cm³/mol. The van der Waals surface area contributed by atoms with Gasteiger partial charge in [-0.05, 0) is 13.8 Å². The number of aromatic nitrogens is 5. The molecule has 0 bridgehead atoms. The lowest BCUT2D eigenvalue weighted by atomic mass is 10.1. The first-order valence-electron chi connectivity index (χ1n) is 8.32. The molecule has 1 aliphatic rings. The van der Waals surface area contributed by atoms with Crippen molar-refractivity contribution in [3.8, 4) is 0 Å². The van der Waals surface area contributed by atoms with Crippen molar-refractivity contribution < 1.29 is 9.59 Å². The standard InChI is InChI=1S/C16H23N7O2/c1-11-19-12(2)23(20-11)9-14-7-21-5-4-17-15(21)10-22(8-14)16(25)6-18-13(3)24/h4-5,14H,6-10H2,1-3H3,(H,18,24)/t14-/m1/s1. The Labute approximate surface area is 146 Å². The number of nitrogens with one attached hydrogen (secondary N) is 1. The number of carbonyl (C=O) groups excluding carboxylic acids is 2. The van der Waals surface area contributed by atoms with Crippen molar-refractivity contribution in [1.82, 2.24) is 34.5 Å². The fraction of sp³-hybridized carbons (Fsp3) is 0.562. The summed E-state index contributed by atoms with van der Waals surface area (Å²) in [5.74, 6) is 2.32. The quantitative estimate of drug-likeness (QED) is 0.833. The summed E-state index contributed by atoms with van der Waals surface area (Å²) in [6.07, 6.45) is 3.68. The van der Waals surface area contributed by atoms with E-state index in [2.05, 4.69) is 25.0 Å². The molecule has 2 amide bonds. The van der Waals surface area contributed by atoms with Crippen LogP contribution in [0.4, 0.5) is 0 Å². The number of fused-ring (bicyclic) bond motifs is 1. The molecule has 3 rings (SSSR count). The van der Waals surface area contributed by atoms with Gasteiger partial charge in [0.15, 0.2) is 0 Å². The predicted octanol–water partition coefficient (Wildman–Crippen LogP) is -0.114. The van der Waals surface area contributed by atoms with E-state index in [4.69, 9.17) is 0 Å². The molecule has 9 heteroatoms. The Morgan fingerprint density at radius 3 is 2.80 bits per heavy atom. The zero-order chi connectivity index (χ0) is 18.0. The molecule has 1 aliphatic heterocycles. The molecule has 25 heavy (non-hydrogen) atoms. The highest BCUT2D eigenvalue weighted by molar-refractivity contribution is 5.83. The minimum atomic E-state index is -0.213. The summed E-state index contributed by atoms with van der Waals surface area (Å²) in [7, 11) is 0. The number of amides is 2. The van der Waals surface area contributed by atoms with Crippen molar-refractivity contribution >= 4 is 11.8 Å². The second kappa shape index (κ2) is 7.04. The van der Waals surface area contributed by atoms with Crippen LogP contribution in [0.2, 0.25) is 0 Å². The van der Waals surface area contributed by atoms with Crippen molar-refractivity contribution in [2.24, 2.45) is 5.92 Å². The van der Waals surface area contributed by atoms with Crippen molar-refractivity contribution in [1.29, 1.82) is 0 Å². The Kier molecular flexibility index (Phi) is 4.82. The third kappa shape index (κ3) is 4.04. The molecule has 3 heterocycles. The summed E-state index contributed by atoms with van der Waals surface area (Å²) in [5, 5.41) is 7.00. The van der Waals surface area contributed by atoms with E-state index in [1.54, 1.807) is 11.1 Å². The van der Waals surface area contributed by atoms with Gasteiger partial charge in [0.2, 0.25) is 11.8 Å². The first-order chi connectivity index (χ1) is 11.9. The zero-order valence-electron chi connectivity index (χ0n) is 14.8. The Bertz CT molecular complexity index is 779. The summed E-state index contributed by atoms with van der Waals surface area (Å²) in [6, 6.07) is 0. The zero-order valence-corrected chi connectivity index (χ0v) is 14.8. The van der Waals surface area contributed by atoms with Crippen molar-refractivity contribution in [3.05, 3.63) is 29.9 Å². The first kappa shape index (κ1) is 17.1. The minimum absolute atomic E-state index is 0.00419. The SMILES string of the molecule is CC(=O)NCC(=O)N1Cc2nccn2C[C@@H](Cn2nc(C)nc2C)C1. The highest BCUT2D eigenvalue weighted by Crippen LogP contribution is 2.17. The minimum Gasteiger partial charge on any atom is -0.347 e. The van der Waals surface area contributed by atoms with Crippen molar-refractivity contribution in [3.63, 3.8) is 0 Å². The van der Waals surface area contributed by atoms with Gasteiger partial charge in [-0.2, -0.15) is 5.10 Å². The van der Waals surface area contributed by atoms with E-state index in [-0.39, 0.29) is 24.3 Å². The van der Waals surface area contributed by atoms with Crippen LogP contribution in [0.3, 0.4) is 0 Å². The van der Waals surface area contributed by atoms with Crippen LogP contribution >= 0.6 is 0 Å². The van der Waals surface area contributed by atoms with Crippen molar-refractivity contribution in [2.75, 3.05) is 13.1 Å². The molecule has 0 aromatic carbocycles. The van der Waals surface area contributed by atoms with Gasteiger partial charge < -0.3 is 14.8 Å². The highest BCUT2D eigenvalue weighted by Gasteiger charge is 2.26. The van der Waals surface area contributed by atoms with Gasteiger partial charge in [0.05, 0.1) is 13.1 Å². The molecular formula is C16H23N7O2. The van der Waals surface area contributed by atoms with Gasteiger partial charge in [-0.3, -0.25) is 9.59 Å². The van der Waals surface area contributed by atoms with E-state index in [1.165, 1.54) is 6.92 Å². The molecule has 0 saturated heterocycles. The molecule has 0 spiro atoms. The van der Waals surface area contributed by atoms with Gasteiger partial charge >= 0.3 is 0 Å². The average molecular weight is 345 g/mol. The van der Waals surface area contributed by atoms with Crippen LogP contribution in [0.5, 0.6) is 0 Å². The van der Waals surface area contributed by atoms with Crippen LogP contribution in [-0.4, -0.2) is 54.1 Å². The van der Waals surface area contributed by atoms with Crippen LogP contribution in [0.1, 0.15) is 24.4 Å². The number of rotatable bonds is 4. The lowest BCUT2D eigenvalue weighted by molar-refractivity contribution is -0.133. The van der Waals surface area contributed by atoms with Crippen LogP contribution in [-0.2, 0) is 29.2 Å². The van der Waals surface area contributed by atoms with E-state index in [0.29, 0.717) is 19.6 Å². The molecule has 1 N–H and O–H groups in total.